The zero-order valence-electron chi connectivity index (χ0n) is 14.2. The van der Waals surface area contributed by atoms with Crippen molar-refractivity contribution in [3.05, 3.63) is 64.7 Å². The average Bonchev–Trinajstić information content (AvgIpc) is 2.62. The number of aromatic nitrogens is 2. The van der Waals surface area contributed by atoms with Gasteiger partial charge in [-0.15, -0.1) is 0 Å². The number of methoxy groups -OCH3 is 1. The van der Waals surface area contributed by atoms with E-state index in [1.165, 1.54) is 0 Å². The van der Waals surface area contributed by atoms with Crippen LogP contribution in [-0.4, -0.2) is 16.7 Å². The first kappa shape index (κ1) is 16.2. The van der Waals surface area contributed by atoms with Crippen molar-refractivity contribution in [1.82, 2.24) is 9.55 Å². The van der Waals surface area contributed by atoms with Gasteiger partial charge < -0.3 is 4.74 Å². The van der Waals surface area contributed by atoms with Crippen molar-refractivity contribution >= 4 is 10.9 Å². The lowest BCUT2D eigenvalue weighted by Crippen LogP contribution is -2.24. The fraction of sp³-hybridized carbons (Fsp3) is 0.300. The van der Waals surface area contributed by atoms with Crippen LogP contribution in [0.25, 0.3) is 16.6 Å². The first-order valence-electron chi connectivity index (χ1n) is 8.39. The molecule has 0 spiro atoms. The first-order chi connectivity index (χ1) is 11.7. The Balaban J connectivity index is 2.16. The van der Waals surface area contributed by atoms with E-state index < -0.39 is 0 Å². The van der Waals surface area contributed by atoms with Gasteiger partial charge in [-0.3, -0.25) is 9.36 Å². The number of rotatable bonds is 6. The molecule has 3 rings (SSSR count). The predicted octanol–water partition coefficient (Wildman–Crippen LogP) is 4.13. The van der Waals surface area contributed by atoms with Gasteiger partial charge in [0, 0.05) is 6.42 Å². The summed E-state index contributed by atoms with van der Waals surface area (Å²) in [5.74, 6) is 1.59. The molecule has 0 bridgehead atoms. The van der Waals surface area contributed by atoms with E-state index in [4.69, 9.17) is 9.72 Å². The quantitative estimate of drug-likeness (QED) is 0.641. The topological polar surface area (TPSA) is 44.1 Å². The van der Waals surface area contributed by atoms with Crippen LogP contribution in [0.15, 0.2) is 53.3 Å². The summed E-state index contributed by atoms with van der Waals surface area (Å²) >= 11 is 0. The maximum absolute atomic E-state index is 13.0. The number of fused-ring (bicyclic) bond motifs is 1. The van der Waals surface area contributed by atoms with Crippen LogP contribution in [0.1, 0.15) is 32.0 Å². The maximum Gasteiger partial charge on any atom is 0.265 e. The number of para-hydroxylation sites is 1. The van der Waals surface area contributed by atoms with Crippen molar-refractivity contribution in [2.24, 2.45) is 0 Å². The summed E-state index contributed by atoms with van der Waals surface area (Å²) in [6.45, 7) is 2.17. The van der Waals surface area contributed by atoms with E-state index in [0.717, 1.165) is 48.5 Å². The second-order valence-corrected chi connectivity index (χ2v) is 5.84. The minimum atomic E-state index is -0.0164. The van der Waals surface area contributed by atoms with Crippen LogP contribution in [-0.2, 0) is 6.42 Å². The van der Waals surface area contributed by atoms with Crippen molar-refractivity contribution in [1.29, 1.82) is 0 Å². The molecule has 0 N–H and O–H groups in total. The van der Waals surface area contributed by atoms with Gasteiger partial charge in [0.05, 0.1) is 23.7 Å². The smallest absolute Gasteiger partial charge is 0.265 e. The molecule has 4 heteroatoms. The van der Waals surface area contributed by atoms with E-state index in [1.807, 2.05) is 48.5 Å². The Morgan fingerprint density at radius 1 is 1.04 bits per heavy atom. The van der Waals surface area contributed by atoms with E-state index in [-0.39, 0.29) is 5.56 Å². The molecule has 4 nitrogen and oxygen atoms in total. The highest BCUT2D eigenvalue weighted by Gasteiger charge is 2.12. The van der Waals surface area contributed by atoms with Gasteiger partial charge in [0.25, 0.3) is 5.56 Å². The Hall–Kier alpha value is -2.62. The van der Waals surface area contributed by atoms with E-state index in [0.29, 0.717) is 5.39 Å². The summed E-state index contributed by atoms with van der Waals surface area (Å²) in [5.41, 5.74) is 1.57. The van der Waals surface area contributed by atoms with Gasteiger partial charge in [0.2, 0.25) is 0 Å². The molecule has 124 valence electrons. The molecular weight excluding hydrogens is 300 g/mol. The molecular formula is C20H22N2O2. The normalized spacial score (nSPS) is 10.9. The lowest BCUT2D eigenvalue weighted by Gasteiger charge is -2.14. The number of hydrogen-bond acceptors (Lipinski definition) is 3. The number of unbranched alkanes of at least 4 members (excludes halogenated alkanes) is 2. The fourth-order valence-corrected chi connectivity index (χ4v) is 2.88. The summed E-state index contributed by atoms with van der Waals surface area (Å²) in [4.78, 5) is 17.8. The van der Waals surface area contributed by atoms with Crippen LogP contribution in [0.5, 0.6) is 5.75 Å². The summed E-state index contributed by atoms with van der Waals surface area (Å²) in [5, 5.41) is 0.646. The van der Waals surface area contributed by atoms with E-state index in [1.54, 1.807) is 11.7 Å². The molecule has 0 amide bonds. The number of ether oxygens (including phenoxy) is 1. The minimum absolute atomic E-state index is 0.0164. The maximum atomic E-state index is 13.0. The zero-order valence-corrected chi connectivity index (χ0v) is 14.2. The minimum Gasteiger partial charge on any atom is -0.497 e. The highest BCUT2D eigenvalue weighted by atomic mass is 16.5. The van der Waals surface area contributed by atoms with E-state index in [9.17, 15) is 4.79 Å². The molecule has 0 fully saturated rings. The second-order valence-electron chi connectivity index (χ2n) is 5.84. The predicted molar refractivity (Wildman–Crippen MR) is 97.1 cm³/mol. The van der Waals surface area contributed by atoms with Gasteiger partial charge in [0.15, 0.2) is 0 Å². The monoisotopic (exact) mass is 322 g/mol. The van der Waals surface area contributed by atoms with Crippen molar-refractivity contribution in [3.63, 3.8) is 0 Å². The largest absolute Gasteiger partial charge is 0.497 e. The van der Waals surface area contributed by atoms with Crippen LogP contribution in [0, 0.1) is 0 Å². The van der Waals surface area contributed by atoms with Gasteiger partial charge in [0.1, 0.15) is 11.6 Å². The Bertz CT molecular complexity index is 882. The molecule has 0 saturated heterocycles. The number of hydrogen-bond donors (Lipinski definition) is 0. The SMILES string of the molecule is CCCCCc1nc2ccccc2c(=O)n1-c1ccc(OC)cc1. The summed E-state index contributed by atoms with van der Waals surface area (Å²) in [6.07, 6.45) is 4.09. The molecule has 0 saturated carbocycles. The van der Waals surface area contributed by atoms with Crippen molar-refractivity contribution < 1.29 is 4.74 Å². The molecule has 2 aromatic carbocycles. The third kappa shape index (κ3) is 3.18. The van der Waals surface area contributed by atoms with Crippen LogP contribution in [0.2, 0.25) is 0 Å². The Morgan fingerprint density at radius 2 is 1.79 bits per heavy atom. The zero-order chi connectivity index (χ0) is 16.9. The van der Waals surface area contributed by atoms with E-state index >= 15 is 0 Å². The number of nitrogens with zero attached hydrogens (tertiary/aromatic N) is 2. The molecule has 1 heterocycles. The van der Waals surface area contributed by atoms with Gasteiger partial charge in [-0.05, 0) is 42.8 Å². The van der Waals surface area contributed by atoms with Crippen molar-refractivity contribution in [3.8, 4) is 11.4 Å². The highest BCUT2D eigenvalue weighted by molar-refractivity contribution is 5.77. The van der Waals surface area contributed by atoms with Gasteiger partial charge in [-0.25, -0.2) is 4.98 Å². The van der Waals surface area contributed by atoms with Gasteiger partial charge >= 0.3 is 0 Å². The number of aryl methyl sites for hydroxylation is 1. The van der Waals surface area contributed by atoms with Crippen molar-refractivity contribution in [2.45, 2.75) is 32.6 Å². The van der Waals surface area contributed by atoms with Crippen molar-refractivity contribution in [2.75, 3.05) is 7.11 Å². The third-order valence-electron chi connectivity index (χ3n) is 4.18. The van der Waals surface area contributed by atoms with Gasteiger partial charge in [-0.2, -0.15) is 0 Å². The van der Waals surface area contributed by atoms with E-state index in [2.05, 4.69) is 6.92 Å². The molecule has 0 aliphatic carbocycles. The number of benzene rings is 2. The van der Waals surface area contributed by atoms with Crippen LogP contribution < -0.4 is 10.3 Å². The molecule has 0 atom stereocenters. The fourth-order valence-electron chi connectivity index (χ4n) is 2.88. The highest BCUT2D eigenvalue weighted by Crippen LogP contribution is 2.18. The first-order valence-corrected chi connectivity index (χ1v) is 8.39. The Labute approximate surface area is 141 Å². The summed E-state index contributed by atoms with van der Waals surface area (Å²) in [6, 6.07) is 15.1. The Morgan fingerprint density at radius 3 is 2.50 bits per heavy atom. The molecule has 0 aliphatic rings. The lowest BCUT2D eigenvalue weighted by atomic mass is 10.1. The standard InChI is InChI=1S/C20H22N2O2/c1-3-4-5-10-19-21-18-9-7-6-8-17(18)20(23)22(19)15-11-13-16(24-2)14-12-15/h6-9,11-14H,3-5,10H2,1-2H3. The second kappa shape index (κ2) is 7.30. The molecule has 0 aliphatic heterocycles. The van der Waals surface area contributed by atoms with Crippen LogP contribution in [0.3, 0.4) is 0 Å². The van der Waals surface area contributed by atoms with Gasteiger partial charge in [-0.1, -0.05) is 31.9 Å². The average molecular weight is 322 g/mol. The third-order valence-corrected chi connectivity index (χ3v) is 4.18. The molecule has 0 radical (unpaired) electrons. The van der Waals surface area contributed by atoms with Crippen LogP contribution in [0.4, 0.5) is 0 Å². The lowest BCUT2D eigenvalue weighted by molar-refractivity contribution is 0.414. The molecule has 3 aromatic rings. The summed E-state index contributed by atoms with van der Waals surface area (Å²) < 4.78 is 6.95. The van der Waals surface area contributed by atoms with Crippen LogP contribution >= 0.6 is 0 Å². The summed E-state index contributed by atoms with van der Waals surface area (Å²) in [7, 11) is 1.63. The Kier molecular flexibility index (Phi) is 4.94. The molecule has 1 aromatic heterocycles. The molecule has 0 unspecified atom stereocenters. The molecule has 24 heavy (non-hydrogen) atoms.